The van der Waals surface area contributed by atoms with Gasteiger partial charge in [-0.3, -0.25) is 4.79 Å². The molecule has 0 aliphatic carbocycles. The summed E-state index contributed by atoms with van der Waals surface area (Å²) < 4.78 is 0. The standard InChI is InChI=1S/C23H22N4OS/c1-2-18-13-19-22(25-15-26-23(19)29-18)24-14-20(28)27-21(16-9-5-3-6-10-16)17-11-7-4-8-12-17/h3-13,15,21H,2,14H2,1H3,(H,27,28)(H,24,25,26). The van der Waals surface area contributed by atoms with Gasteiger partial charge in [0.1, 0.15) is 17.0 Å². The summed E-state index contributed by atoms with van der Waals surface area (Å²) in [4.78, 5) is 23.6. The first kappa shape index (κ1) is 19.1. The highest BCUT2D eigenvalue weighted by molar-refractivity contribution is 7.18. The molecule has 0 aliphatic rings. The number of fused-ring (bicyclic) bond motifs is 1. The van der Waals surface area contributed by atoms with Gasteiger partial charge in [-0.15, -0.1) is 11.3 Å². The average Bonchev–Trinajstić information content (AvgIpc) is 3.21. The molecular formula is C23H22N4OS. The van der Waals surface area contributed by atoms with E-state index in [1.807, 2.05) is 60.7 Å². The Labute approximate surface area is 173 Å². The highest BCUT2D eigenvalue weighted by atomic mass is 32.1. The topological polar surface area (TPSA) is 66.9 Å². The van der Waals surface area contributed by atoms with Gasteiger partial charge >= 0.3 is 0 Å². The predicted molar refractivity (Wildman–Crippen MR) is 118 cm³/mol. The van der Waals surface area contributed by atoms with Crippen LogP contribution in [0.5, 0.6) is 0 Å². The van der Waals surface area contributed by atoms with E-state index in [0.717, 1.165) is 27.8 Å². The normalized spacial score (nSPS) is 11.0. The van der Waals surface area contributed by atoms with E-state index in [0.29, 0.717) is 5.82 Å². The number of nitrogens with zero attached hydrogens (tertiary/aromatic N) is 2. The van der Waals surface area contributed by atoms with Crippen LogP contribution in [0.25, 0.3) is 10.2 Å². The molecule has 29 heavy (non-hydrogen) atoms. The van der Waals surface area contributed by atoms with Crippen LogP contribution in [0.15, 0.2) is 73.1 Å². The number of thiophene rings is 1. The summed E-state index contributed by atoms with van der Waals surface area (Å²) >= 11 is 1.66. The Kier molecular flexibility index (Phi) is 5.81. The lowest BCUT2D eigenvalue weighted by Gasteiger charge is -2.20. The van der Waals surface area contributed by atoms with Gasteiger partial charge in [0, 0.05) is 4.88 Å². The fourth-order valence-corrected chi connectivity index (χ4v) is 4.18. The number of carbonyl (C=O) groups is 1. The molecule has 1 amide bonds. The van der Waals surface area contributed by atoms with Gasteiger partial charge in [-0.05, 0) is 23.6 Å². The SMILES string of the molecule is CCc1cc2c(NCC(=O)NC(c3ccccc3)c3ccccc3)ncnc2s1. The minimum absolute atomic E-state index is 0.0968. The molecule has 0 aliphatic heterocycles. The van der Waals surface area contributed by atoms with Crippen LogP contribution in [0, 0.1) is 0 Å². The van der Waals surface area contributed by atoms with Gasteiger partial charge in [-0.25, -0.2) is 9.97 Å². The van der Waals surface area contributed by atoms with Crippen LogP contribution >= 0.6 is 11.3 Å². The van der Waals surface area contributed by atoms with Gasteiger partial charge in [-0.2, -0.15) is 0 Å². The molecule has 0 fully saturated rings. The van der Waals surface area contributed by atoms with Crippen LogP contribution in [0.3, 0.4) is 0 Å². The maximum atomic E-state index is 12.8. The average molecular weight is 403 g/mol. The van der Waals surface area contributed by atoms with E-state index in [4.69, 9.17) is 0 Å². The second-order valence-electron chi connectivity index (χ2n) is 6.68. The molecular weight excluding hydrogens is 380 g/mol. The zero-order valence-electron chi connectivity index (χ0n) is 16.1. The van der Waals surface area contributed by atoms with Gasteiger partial charge in [0.15, 0.2) is 0 Å². The zero-order valence-corrected chi connectivity index (χ0v) is 16.9. The molecule has 6 heteroatoms. The number of amides is 1. The third-order valence-corrected chi connectivity index (χ3v) is 5.90. The van der Waals surface area contributed by atoms with Crippen molar-refractivity contribution in [2.75, 3.05) is 11.9 Å². The first-order valence-corrected chi connectivity index (χ1v) is 10.4. The van der Waals surface area contributed by atoms with Gasteiger partial charge in [-0.1, -0.05) is 67.6 Å². The number of aromatic nitrogens is 2. The molecule has 4 aromatic rings. The molecule has 0 saturated carbocycles. The first-order chi connectivity index (χ1) is 14.2. The number of anilines is 1. The smallest absolute Gasteiger partial charge is 0.240 e. The van der Waals surface area contributed by atoms with Gasteiger partial charge in [0.25, 0.3) is 0 Å². The van der Waals surface area contributed by atoms with Crippen molar-refractivity contribution >= 4 is 33.3 Å². The molecule has 2 aromatic carbocycles. The number of rotatable bonds is 7. The highest BCUT2D eigenvalue weighted by Crippen LogP contribution is 2.28. The van der Waals surface area contributed by atoms with Crippen molar-refractivity contribution in [2.45, 2.75) is 19.4 Å². The molecule has 0 bridgehead atoms. The Morgan fingerprint density at radius 2 is 1.66 bits per heavy atom. The van der Waals surface area contributed by atoms with Crippen LogP contribution < -0.4 is 10.6 Å². The molecule has 0 atom stereocenters. The minimum Gasteiger partial charge on any atom is -0.360 e. The number of aryl methyl sites for hydroxylation is 1. The van der Waals surface area contributed by atoms with Crippen LogP contribution in [0.2, 0.25) is 0 Å². The molecule has 146 valence electrons. The van der Waals surface area contributed by atoms with E-state index >= 15 is 0 Å². The van der Waals surface area contributed by atoms with Crippen LogP contribution in [-0.2, 0) is 11.2 Å². The maximum Gasteiger partial charge on any atom is 0.240 e. The van der Waals surface area contributed by atoms with E-state index in [1.165, 1.54) is 11.2 Å². The molecule has 2 N–H and O–H groups in total. The van der Waals surface area contributed by atoms with Gasteiger partial charge in [0.2, 0.25) is 5.91 Å². The summed E-state index contributed by atoms with van der Waals surface area (Å²) in [6, 6.07) is 21.9. The lowest BCUT2D eigenvalue weighted by atomic mass is 9.99. The van der Waals surface area contributed by atoms with Crippen molar-refractivity contribution in [3.63, 3.8) is 0 Å². The van der Waals surface area contributed by atoms with Gasteiger partial charge < -0.3 is 10.6 Å². The Morgan fingerprint density at radius 1 is 1.00 bits per heavy atom. The summed E-state index contributed by atoms with van der Waals surface area (Å²) in [6.07, 6.45) is 2.49. The number of carbonyl (C=O) groups excluding carboxylic acids is 1. The minimum atomic E-state index is -0.204. The zero-order chi connectivity index (χ0) is 20.1. The summed E-state index contributed by atoms with van der Waals surface area (Å²) in [5, 5.41) is 7.28. The quantitative estimate of drug-likeness (QED) is 0.475. The van der Waals surface area contributed by atoms with E-state index in [9.17, 15) is 4.79 Å². The van der Waals surface area contributed by atoms with Crippen molar-refractivity contribution in [3.05, 3.63) is 89.1 Å². The third kappa shape index (κ3) is 4.43. The number of nitrogens with one attached hydrogen (secondary N) is 2. The number of hydrogen-bond acceptors (Lipinski definition) is 5. The van der Waals surface area contributed by atoms with Crippen molar-refractivity contribution in [2.24, 2.45) is 0 Å². The fourth-order valence-electron chi connectivity index (χ4n) is 3.25. The van der Waals surface area contributed by atoms with Crippen LogP contribution in [0.1, 0.15) is 29.0 Å². The highest BCUT2D eigenvalue weighted by Gasteiger charge is 2.17. The second-order valence-corrected chi connectivity index (χ2v) is 7.80. The fraction of sp³-hybridized carbons (Fsp3) is 0.174. The largest absolute Gasteiger partial charge is 0.360 e. The van der Waals surface area contributed by atoms with Crippen LogP contribution in [0.4, 0.5) is 5.82 Å². The molecule has 2 heterocycles. The summed E-state index contributed by atoms with van der Waals surface area (Å²) in [5.74, 6) is 0.595. The summed E-state index contributed by atoms with van der Waals surface area (Å²) in [7, 11) is 0. The Morgan fingerprint density at radius 3 is 2.28 bits per heavy atom. The van der Waals surface area contributed by atoms with E-state index in [1.54, 1.807) is 11.3 Å². The van der Waals surface area contributed by atoms with Crippen molar-refractivity contribution < 1.29 is 4.79 Å². The number of benzene rings is 2. The van der Waals surface area contributed by atoms with Crippen molar-refractivity contribution in [1.29, 1.82) is 0 Å². The summed E-state index contributed by atoms with van der Waals surface area (Å²) in [6.45, 7) is 2.26. The third-order valence-electron chi connectivity index (χ3n) is 4.72. The molecule has 4 rings (SSSR count). The lowest BCUT2D eigenvalue weighted by molar-refractivity contribution is -0.119. The molecule has 2 aromatic heterocycles. The Bertz CT molecular complexity index is 1060. The van der Waals surface area contributed by atoms with Gasteiger partial charge in [0.05, 0.1) is 18.0 Å². The maximum absolute atomic E-state index is 12.8. The monoisotopic (exact) mass is 402 g/mol. The predicted octanol–water partition coefficient (Wildman–Crippen LogP) is 4.57. The van der Waals surface area contributed by atoms with Crippen molar-refractivity contribution in [3.8, 4) is 0 Å². The Hall–Kier alpha value is -3.25. The van der Waals surface area contributed by atoms with E-state index in [-0.39, 0.29) is 18.5 Å². The molecule has 5 nitrogen and oxygen atoms in total. The van der Waals surface area contributed by atoms with E-state index in [2.05, 4.69) is 33.6 Å². The molecule has 0 spiro atoms. The molecule has 0 saturated heterocycles. The van der Waals surface area contributed by atoms with E-state index < -0.39 is 0 Å². The second kappa shape index (κ2) is 8.84. The van der Waals surface area contributed by atoms with Crippen molar-refractivity contribution in [1.82, 2.24) is 15.3 Å². The Balaban J connectivity index is 1.50. The molecule has 0 radical (unpaired) electrons. The number of hydrogen-bond donors (Lipinski definition) is 2. The molecule has 0 unspecified atom stereocenters. The first-order valence-electron chi connectivity index (χ1n) is 9.61. The lowest BCUT2D eigenvalue weighted by Crippen LogP contribution is -2.34. The van der Waals surface area contributed by atoms with Crippen LogP contribution in [-0.4, -0.2) is 22.4 Å². The summed E-state index contributed by atoms with van der Waals surface area (Å²) in [5.41, 5.74) is 2.09.